The lowest BCUT2D eigenvalue weighted by Crippen LogP contribution is -2.29. The molecule has 0 bridgehead atoms. The highest BCUT2D eigenvalue weighted by atomic mass is 32.1. The zero-order valence-electron chi connectivity index (χ0n) is 8.85. The van der Waals surface area contributed by atoms with Crippen molar-refractivity contribution in [2.75, 3.05) is 5.75 Å². The summed E-state index contributed by atoms with van der Waals surface area (Å²) in [6.07, 6.45) is 0.520. The van der Waals surface area contributed by atoms with Crippen LogP contribution < -0.4 is 5.32 Å². The van der Waals surface area contributed by atoms with E-state index in [1.165, 1.54) is 0 Å². The molecular formula is C10H19NOS. The molecule has 1 N–H and O–H groups in total. The first-order valence-electron chi connectivity index (χ1n) is 4.74. The van der Waals surface area contributed by atoms with Gasteiger partial charge in [-0.3, -0.25) is 4.79 Å². The van der Waals surface area contributed by atoms with Crippen LogP contribution in [0.5, 0.6) is 0 Å². The minimum atomic E-state index is 0.124. The molecule has 0 aromatic rings. The molecule has 1 aliphatic rings. The van der Waals surface area contributed by atoms with E-state index in [-0.39, 0.29) is 16.7 Å². The van der Waals surface area contributed by atoms with Gasteiger partial charge in [0.25, 0.3) is 0 Å². The van der Waals surface area contributed by atoms with Crippen LogP contribution >= 0.6 is 12.6 Å². The normalized spacial score (nSPS) is 24.1. The number of nitrogens with one attached hydrogen (secondary N) is 1. The van der Waals surface area contributed by atoms with Gasteiger partial charge in [0.15, 0.2) is 0 Å². The van der Waals surface area contributed by atoms with Gasteiger partial charge in [0.05, 0.1) is 0 Å². The fourth-order valence-corrected chi connectivity index (χ4v) is 2.10. The van der Waals surface area contributed by atoms with Gasteiger partial charge in [0, 0.05) is 12.5 Å². The van der Waals surface area contributed by atoms with E-state index < -0.39 is 0 Å². The van der Waals surface area contributed by atoms with E-state index in [4.69, 9.17) is 0 Å². The summed E-state index contributed by atoms with van der Waals surface area (Å²) in [6, 6.07) is 0.326. The van der Waals surface area contributed by atoms with Crippen molar-refractivity contribution >= 4 is 18.5 Å². The Balaban J connectivity index is 2.46. The molecule has 0 aromatic heterocycles. The Morgan fingerprint density at radius 2 is 1.77 bits per heavy atom. The number of hydrogen-bond donors (Lipinski definition) is 2. The van der Waals surface area contributed by atoms with E-state index in [1.54, 1.807) is 0 Å². The second-order valence-corrected chi connectivity index (χ2v) is 5.36. The van der Waals surface area contributed by atoms with Crippen molar-refractivity contribution in [3.63, 3.8) is 0 Å². The Labute approximate surface area is 85.9 Å². The molecule has 13 heavy (non-hydrogen) atoms. The number of thiol groups is 1. The van der Waals surface area contributed by atoms with Crippen molar-refractivity contribution in [3.05, 3.63) is 0 Å². The molecule has 1 amide bonds. The number of carbonyl (C=O) groups excluding carboxylic acids is 1. The number of hydrogen-bond acceptors (Lipinski definition) is 2. The zero-order valence-corrected chi connectivity index (χ0v) is 9.74. The third-order valence-corrected chi connectivity index (χ3v) is 3.89. The van der Waals surface area contributed by atoms with Gasteiger partial charge in [0.2, 0.25) is 5.91 Å². The molecule has 0 aliphatic heterocycles. The summed E-state index contributed by atoms with van der Waals surface area (Å²) in [4.78, 5) is 11.3. The molecule has 0 atom stereocenters. The first-order chi connectivity index (χ1) is 5.84. The van der Waals surface area contributed by atoms with E-state index in [2.05, 4.69) is 45.6 Å². The van der Waals surface area contributed by atoms with Crippen molar-refractivity contribution in [1.82, 2.24) is 5.32 Å². The van der Waals surface area contributed by atoms with Crippen LogP contribution in [0, 0.1) is 10.8 Å². The molecule has 2 nitrogen and oxygen atoms in total. The molecule has 76 valence electrons. The molecular weight excluding hydrogens is 182 g/mol. The van der Waals surface area contributed by atoms with Gasteiger partial charge >= 0.3 is 0 Å². The Bertz CT molecular complexity index is 209. The molecule has 1 saturated carbocycles. The zero-order chi connectivity index (χ0) is 10.3. The highest BCUT2D eigenvalue weighted by molar-refractivity contribution is 7.80. The summed E-state index contributed by atoms with van der Waals surface area (Å²) in [5.74, 6) is 0.748. The molecule has 0 spiro atoms. The minimum absolute atomic E-state index is 0.124. The smallest absolute Gasteiger partial charge is 0.221 e. The van der Waals surface area contributed by atoms with Crippen LogP contribution in [-0.4, -0.2) is 17.7 Å². The van der Waals surface area contributed by atoms with Gasteiger partial charge in [-0.25, -0.2) is 0 Å². The predicted octanol–water partition coefficient (Wildman–Crippen LogP) is 1.86. The number of rotatable bonds is 3. The third kappa shape index (κ3) is 1.71. The largest absolute Gasteiger partial charge is 0.352 e. The van der Waals surface area contributed by atoms with Crippen molar-refractivity contribution < 1.29 is 4.79 Å². The molecule has 0 radical (unpaired) electrons. The lowest BCUT2D eigenvalue weighted by molar-refractivity contribution is -0.121. The third-order valence-electron chi connectivity index (χ3n) is 3.66. The maximum atomic E-state index is 11.3. The topological polar surface area (TPSA) is 29.1 Å². The first-order valence-corrected chi connectivity index (χ1v) is 5.37. The highest BCUT2D eigenvalue weighted by Crippen LogP contribution is 2.62. The van der Waals surface area contributed by atoms with Gasteiger partial charge in [0.1, 0.15) is 0 Å². The fraction of sp³-hybridized carbons (Fsp3) is 0.900. The standard InChI is InChI=1S/C10H19NOS/c1-9(2)8(10(9,3)4)11-7(12)5-6-13/h8,13H,5-6H2,1-4H3,(H,11,12). The van der Waals surface area contributed by atoms with Gasteiger partial charge in [-0.05, 0) is 16.6 Å². The Morgan fingerprint density at radius 1 is 1.31 bits per heavy atom. The summed E-state index contributed by atoms with van der Waals surface area (Å²) in [5.41, 5.74) is 0.471. The molecule has 0 heterocycles. The van der Waals surface area contributed by atoms with Gasteiger partial charge in [-0.15, -0.1) is 0 Å². The lowest BCUT2D eigenvalue weighted by atomic mass is 10.0. The van der Waals surface area contributed by atoms with Crippen LogP contribution in [0.15, 0.2) is 0 Å². The molecule has 3 heteroatoms. The second kappa shape index (κ2) is 3.19. The summed E-state index contributed by atoms with van der Waals surface area (Å²) < 4.78 is 0. The first kappa shape index (κ1) is 10.9. The van der Waals surface area contributed by atoms with Gasteiger partial charge < -0.3 is 5.32 Å². The molecule has 1 aliphatic carbocycles. The lowest BCUT2D eigenvalue weighted by Gasteiger charge is -2.04. The van der Waals surface area contributed by atoms with Crippen LogP contribution in [0.2, 0.25) is 0 Å². The van der Waals surface area contributed by atoms with Gasteiger partial charge in [-0.2, -0.15) is 12.6 Å². The van der Waals surface area contributed by atoms with Crippen LogP contribution in [0.4, 0.5) is 0 Å². The Morgan fingerprint density at radius 3 is 2.08 bits per heavy atom. The molecule has 1 fully saturated rings. The fourth-order valence-electron chi connectivity index (χ4n) is 1.89. The monoisotopic (exact) mass is 201 g/mol. The van der Waals surface area contributed by atoms with Crippen molar-refractivity contribution in [1.29, 1.82) is 0 Å². The van der Waals surface area contributed by atoms with Crippen molar-refractivity contribution in [2.24, 2.45) is 10.8 Å². The van der Waals surface area contributed by atoms with E-state index >= 15 is 0 Å². The summed E-state index contributed by atoms with van der Waals surface area (Å²) in [7, 11) is 0. The average Bonchev–Trinajstić information content (AvgIpc) is 2.33. The van der Waals surface area contributed by atoms with E-state index in [1.807, 2.05) is 0 Å². The highest BCUT2D eigenvalue weighted by Gasteiger charge is 2.65. The van der Waals surface area contributed by atoms with Crippen LogP contribution in [-0.2, 0) is 4.79 Å². The van der Waals surface area contributed by atoms with E-state index in [0.717, 1.165) is 0 Å². The van der Waals surface area contributed by atoms with Crippen LogP contribution in [0.25, 0.3) is 0 Å². The summed E-state index contributed by atoms with van der Waals surface area (Å²) in [5, 5.41) is 3.05. The molecule has 0 aromatic carbocycles. The second-order valence-electron chi connectivity index (χ2n) is 4.92. The number of amides is 1. The van der Waals surface area contributed by atoms with E-state index in [0.29, 0.717) is 18.2 Å². The SMILES string of the molecule is CC1(C)C(NC(=O)CCS)C1(C)C. The Kier molecular flexibility index (Phi) is 2.68. The van der Waals surface area contributed by atoms with E-state index in [9.17, 15) is 4.79 Å². The molecule has 1 rings (SSSR count). The van der Waals surface area contributed by atoms with Crippen molar-refractivity contribution in [2.45, 2.75) is 40.2 Å². The maximum absolute atomic E-state index is 11.3. The van der Waals surface area contributed by atoms with Crippen molar-refractivity contribution in [3.8, 4) is 0 Å². The average molecular weight is 201 g/mol. The summed E-state index contributed by atoms with van der Waals surface area (Å²) in [6.45, 7) is 8.77. The van der Waals surface area contributed by atoms with Crippen LogP contribution in [0.1, 0.15) is 34.1 Å². The number of carbonyl (C=O) groups is 1. The van der Waals surface area contributed by atoms with Gasteiger partial charge in [-0.1, -0.05) is 27.7 Å². The minimum Gasteiger partial charge on any atom is -0.352 e. The predicted molar refractivity (Wildman–Crippen MR) is 58.0 cm³/mol. The quantitative estimate of drug-likeness (QED) is 0.671. The summed E-state index contributed by atoms with van der Waals surface area (Å²) >= 11 is 4.03. The molecule has 0 unspecified atom stereocenters. The Hall–Kier alpha value is -0.180. The molecule has 0 saturated heterocycles. The maximum Gasteiger partial charge on any atom is 0.221 e. The van der Waals surface area contributed by atoms with Crippen LogP contribution in [0.3, 0.4) is 0 Å².